The first kappa shape index (κ1) is 15.9. The molecule has 1 aromatic heterocycles. The van der Waals surface area contributed by atoms with Crippen LogP contribution in [0.1, 0.15) is 44.9 Å². The number of fused-ring (bicyclic) bond motifs is 1. The van der Waals surface area contributed by atoms with Crippen LogP contribution in [0.15, 0.2) is 24.3 Å². The summed E-state index contributed by atoms with van der Waals surface area (Å²) >= 11 is 1.61. The van der Waals surface area contributed by atoms with Gasteiger partial charge >= 0.3 is 0 Å². The Morgan fingerprint density at radius 1 is 1.08 bits per heavy atom. The molecule has 24 heavy (non-hydrogen) atoms. The number of para-hydroxylation sites is 1. The highest BCUT2D eigenvalue weighted by Crippen LogP contribution is 2.30. The van der Waals surface area contributed by atoms with Crippen LogP contribution in [0.25, 0.3) is 10.2 Å². The Morgan fingerprint density at radius 3 is 2.58 bits per heavy atom. The summed E-state index contributed by atoms with van der Waals surface area (Å²) in [5.41, 5.74) is 1.00. The smallest absolute Gasteiger partial charge is 0.274 e. The van der Waals surface area contributed by atoms with E-state index in [2.05, 4.69) is 16.0 Å². The lowest BCUT2D eigenvalue weighted by Gasteiger charge is -2.34. The van der Waals surface area contributed by atoms with Gasteiger partial charge in [-0.1, -0.05) is 42.7 Å². The number of rotatable bonds is 3. The Kier molecular flexibility index (Phi) is 4.69. The lowest BCUT2D eigenvalue weighted by atomic mass is 9.88. The summed E-state index contributed by atoms with van der Waals surface area (Å²) in [7, 11) is 0. The molecular formula is C19H24N2O2S. The molecule has 0 atom stereocenters. The average Bonchev–Trinajstić information content (AvgIpc) is 3.05. The van der Waals surface area contributed by atoms with Crippen LogP contribution < -0.4 is 4.74 Å². The highest BCUT2D eigenvalue weighted by atomic mass is 32.1. The normalized spacial score (nSPS) is 20.4. The molecule has 0 radical (unpaired) electrons. The summed E-state index contributed by atoms with van der Waals surface area (Å²) < 4.78 is 7.25. The molecule has 1 saturated carbocycles. The van der Waals surface area contributed by atoms with Crippen LogP contribution in [-0.2, 0) is 4.79 Å². The summed E-state index contributed by atoms with van der Waals surface area (Å²) in [4.78, 5) is 19.2. The number of hydrogen-bond acceptors (Lipinski definition) is 4. The first-order valence-corrected chi connectivity index (χ1v) is 9.92. The molecule has 5 heteroatoms. The number of benzene rings is 1. The minimum Gasteiger partial charge on any atom is -0.467 e. The van der Waals surface area contributed by atoms with E-state index in [1.54, 1.807) is 11.3 Å². The Hall–Kier alpha value is -1.62. The highest BCUT2D eigenvalue weighted by molar-refractivity contribution is 7.20. The minimum absolute atomic E-state index is 0.181. The summed E-state index contributed by atoms with van der Waals surface area (Å²) in [5.74, 6) is 0.661. The van der Waals surface area contributed by atoms with Crippen molar-refractivity contribution in [1.82, 2.24) is 9.88 Å². The maximum absolute atomic E-state index is 12.6. The zero-order valence-electron chi connectivity index (χ0n) is 13.9. The molecule has 2 fully saturated rings. The van der Waals surface area contributed by atoms with Crippen LogP contribution in [-0.4, -0.2) is 35.0 Å². The van der Waals surface area contributed by atoms with Crippen LogP contribution in [0.4, 0.5) is 0 Å². The van der Waals surface area contributed by atoms with Gasteiger partial charge in [0.05, 0.1) is 10.2 Å². The predicted octanol–water partition coefficient (Wildman–Crippen LogP) is 4.25. The van der Waals surface area contributed by atoms with Gasteiger partial charge in [0.15, 0.2) is 0 Å². The fourth-order valence-corrected chi connectivity index (χ4v) is 4.73. The first-order valence-electron chi connectivity index (χ1n) is 9.10. The Bertz CT molecular complexity index is 667. The van der Waals surface area contributed by atoms with Gasteiger partial charge in [-0.2, -0.15) is 0 Å². The molecule has 0 spiro atoms. The van der Waals surface area contributed by atoms with Gasteiger partial charge in [-0.3, -0.25) is 4.79 Å². The Labute approximate surface area is 146 Å². The molecule has 1 aromatic carbocycles. The van der Waals surface area contributed by atoms with Crippen LogP contribution >= 0.6 is 11.3 Å². The SMILES string of the molecule is O=C(C1CCCCC1)N1CCC(Oc2nc3ccccc3s2)CC1. The number of carbonyl (C=O) groups excluding carboxylic acids is 1. The molecule has 2 aliphatic rings. The molecule has 4 nitrogen and oxygen atoms in total. The van der Waals surface area contributed by atoms with Crippen molar-refractivity contribution in [2.24, 2.45) is 5.92 Å². The van der Waals surface area contributed by atoms with Crippen molar-refractivity contribution in [3.63, 3.8) is 0 Å². The van der Waals surface area contributed by atoms with E-state index in [0.717, 1.165) is 54.2 Å². The number of thiazole rings is 1. The molecule has 0 bridgehead atoms. The number of aromatic nitrogens is 1. The zero-order chi connectivity index (χ0) is 16.4. The Morgan fingerprint density at radius 2 is 1.83 bits per heavy atom. The molecule has 1 aliphatic heterocycles. The van der Waals surface area contributed by atoms with Crippen molar-refractivity contribution < 1.29 is 9.53 Å². The van der Waals surface area contributed by atoms with E-state index in [4.69, 9.17) is 4.74 Å². The molecule has 4 rings (SSSR count). The van der Waals surface area contributed by atoms with E-state index in [1.807, 2.05) is 18.2 Å². The number of ether oxygens (including phenoxy) is 1. The maximum atomic E-state index is 12.6. The molecule has 1 saturated heterocycles. The number of amides is 1. The molecule has 2 aromatic rings. The number of carbonyl (C=O) groups is 1. The number of likely N-dealkylation sites (tertiary alicyclic amines) is 1. The quantitative estimate of drug-likeness (QED) is 0.836. The zero-order valence-corrected chi connectivity index (χ0v) is 14.8. The van der Waals surface area contributed by atoms with Crippen molar-refractivity contribution in [1.29, 1.82) is 0 Å². The topological polar surface area (TPSA) is 42.4 Å². The van der Waals surface area contributed by atoms with Gasteiger partial charge in [-0.05, 0) is 25.0 Å². The third-order valence-corrected chi connectivity index (χ3v) is 6.18. The van der Waals surface area contributed by atoms with Gasteiger partial charge in [-0.15, -0.1) is 0 Å². The number of piperidine rings is 1. The van der Waals surface area contributed by atoms with Crippen LogP contribution in [0.3, 0.4) is 0 Å². The van der Waals surface area contributed by atoms with Gasteiger partial charge in [0, 0.05) is 31.8 Å². The van der Waals surface area contributed by atoms with Gasteiger partial charge in [-0.25, -0.2) is 4.98 Å². The van der Waals surface area contributed by atoms with Gasteiger partial charge in [0.25, 0.3) is 5.19 Å². The lowest BCUT2D eigenvalue weighted by Crippen LogP contribution is -2.44. The fraction of sp³-hybridized carbons (Fsp3) is 0.579. The summed E-state index contributed by atoms with van der Waals surface area (Å²) in [6.45, 7) is 1.65. The van der Waals surface area contributed by atoms with E-state index < -0.39 is 0 Å². The molecule has 128 valence electrons. The Balaban J connectivity index is 1.31. The van der Waals surface area contributed by atoms with E-state index in [9.17, 15) is 4.79 Å². The number of hydrogen-bond donors (Lipinski definition) is 0. The molecular weight excluding hydrogens is 320 g/mol. The van der Waals surface area contributed by atoms with Gasteiger partial charge in [0.2, 0.25) is 5.91 Å². The summed E-state index contributed by atoms with van der Waals surface area (Å²) in [6, 6.07) is 8.12. The summed E-state index contributed by atoms with van der Waals surface area (Å²) in [5, 5.41) is 0.758. The van der Waals surface area contributed by atoms with Gasteiger partial charge in [0.1, 0.15) is 6.10 Å². The number of nitrogens with zero attached hydrogens (tertiary/aromatic N) is 2. The van der Waals surface area contributed by atoms with Crippen LogP contribution in [0.5, 0.6) is 5.19 Å². The second kappa shape index (κ2) is 7.09. The molecule has 0 unspecified atom stereocenters. The van der Waals surface area contributed by atoms with Crippen molar-refractivity contribution >= 4 is 27.5 Å². The fourth-order valence-electron chi connectivity index (χ4n) is 3.85. The second-order valence-electron chi connectivity index (χ2n) is 6.92. The third kappa shape index (κ3) is 3.41. The maximum Gasteiger partial charge on any atom is 0.274 e. The third-order valence-electron chi connectivity index (χ3n) is 5.25. The lowest BCUT2D eigenvalue weighted by molar-refractivity contribution is -0.138. The van der Waals surface area contributed by atoms with Crippen molar-refractivity contribution in [3.05, 3.63) is 24.3 Å². The molecule has 1 aliphatic carbocycles. The molecule has 0 N–H and O–H groups in total. The largest absolute Gasteiger partial charge is 0.467 e. The van der Waals surface area contributed by atoms with E-state index >= 15 is 0 Å². The molecule has 2 heterocycles. The van der Waals surface area contributed by atoms with Crippen molar-refractivity contribution in [3.8, 4) is 5.19 Å². The minimum atomic E-state index is 0.181. The predicted molar refractivity (Wildman–Crippen MR) is 96.4 cm³/mol. The van der Waals surface area contributed by atoms with Crippen molar-refractivity contribution in [2.45, 2.75) is 51.0 Å². The van der Waals surface area contributed by atoms with E-state index in [1.165, 1.54) is 19.3 Å². The van der Waals surface area contributed by atoms with Crippen LogP contribution in [0.2, 0.25) is 0 Å². The molecule has 1 amide bonds. The monoisotopic (exact) mass is 344 g/mol. The van der Waals surface area contributed by atoms with E-state index in [-0.39, 0.29) is 12.0 Å². The highest BCUT2D eigenvalue weighted by Gasteiger charge is 2.29. The second-order valence-corrected chi connectivity index (χ2v) is 7.92. The first-order chi connectivity index (χ1) is 11.8. The summed E-state index contributed by atoms with van der Waals surface area (Å²) in [6.07, 6.45) is 7.90. The van der Waals surface area contributed by atoms with Crippen molar-refractivity contribution in [2.75, 3.05) is 13.1 Å². The standard InChI is InChI=1S/C19H24N2O2S/c22-18(14-6-2-1-3-7-14)21-12-10-15(11-13-21)23-19-20-16-8-4-5-9-17(16)24-19/h4-5,8-9,14-15H,1-3,6-7,10-13H2. The van der Waals surface area contributed by atoms with Crippen LogP contribution in [0, 0.1) is 5.92 Å². The van der Waals surface area contributed by atoms with E-state index in [0.29, 0.717) is 5.91 Å². The van der Waals surface area contributed by atoms with Gasteiger partial charge < -0.3 is 9.64 Å². The average molecular weight is 344 g/mol.